The molecule has 2 aromatic heterocycles. The number of hydrogen-bond donors (Lipinski definition) is 3. The van der Waals surface area contributed by atoms with E-state index in [1.807, 2.05) is 12.1 Å². The highest BCUT2D eigenvalue weighted by Crippen LogP contribution is 2.18. The van der Waals surface area contributed by atoms with Crippen molar-refractivity contribution in [2.24, 2.45) is 0 Å². The van der Waals surface area contributed by atoms with Gasteiger partial charge in [0, 0.05) is 25.4 Å². The van der Waals surface area contributed by atoms with Crippen LogP contribution in [0.5, 0.6) is 0 Å². The second kappa shape index (κ2) is 7.39. The Morgan fingerprint density at radius 2 is 2.00 bits per heavy atom. The summed E-state index contributed by atoms with van der Waals surface area (Å²) in [5.41, 5.74) is 3.01. The van der Waals surface area contributed by atoms with Crippen LogP contribution in [0.15, 0.2) is 54.9 Å². The van der Waals surface area contributed by atoms with Gasteiger partial charge in [-0.1, -0.05) is 18.2 Å². The minimum atomic E-state index is -0.264. The van der Waals surface area contributed by atoms with Crippen molar-refractivity contribution in [2.75, 3.05) is 7.05 Å². The van der Waals surface area contributed by atoms with Crippen LogP contribution in [-0.2, 0) is 6.54 Å². The number of aromatic amines is 1. The molecule has 1 aromatic carbocycles. The van der Waals surface area contributed by atoms with Gasteiger partial charge >= 0.3 is 0 Å². The van der Waals surface area contributed by atoms with E-state index in [2.05, 4.69) is 25.8 Å². The van der Waals surface area contributed by atoms with Gasteiger partial charge in [-0.05, 0) is 29.8 Å². The topological polar surface area (TPSA) is 99.8 Å². The molecule has 0 bridgehead atoms. The first-order valence-electron chi connectivity index (χ1n) is 7.73. The summed E-state index contributed by atoms with van der Waals surface area (Å²) in [5, 5.41) is 12.2. The maximum atomic E-state index is 12.5. The summed E-state index contributed by atoms with van der Waals surface area (Å²) in [5.74, 6) is -0.430. The van der Waals surface area contributed by atoms with Crippen molar-refractivity contribution in [3.05, 3.63) is 71.5 Å². The molecule has 0 saturated heterocycles. The highest BCUT2D eigenvalue weighted by Gasteiger charge is 2.15. The van der Waals surface area contributed by atoms with Gasteiger partial charge in [-0.2, -0.15) is 5.10 Å². The van der Waals surface area contributed by atoms with E-state index in [0.717, 1.165) is 5.56 Å². The van der Waals surface area contributed by atoms with Crippen LogP contribution >= 0.6 is 0 Å². The van der Waals surface area contributed by atoms with Gasteiger partial charge in [0.05, 0.1) is 23.1 Å². The zero-order valence-electron chi connectivity index (χ0n) is 13.6. The fourth-order valence-corrected chi connectivity index (χ4v) is 2.41. The maximum absolute atomic E-state index is 12.5. The second-order valence-electron chi connectivity index (χ2n) is 5.34. The minimum Gasteiger partial charge on any atom is -0.355 e. The van der Waals surface area contributed by atoms with Crippen LogP contribution in [0.1, 0.15) is 26.3 Å². The highest BCUT2D eigenvalue weighted by molar-refractivity contribution is 5.99. The van der Waals surface area contributed by atoms with E-state index in [4.69, 9.17) is 0 Å². The summed E-state index contributed by atoms with van der Waals surface area (Å²) in [6, 6.07) is 12.5. The number of carbonyl (C=O) groups is 2. The molecule has 2 heterocycles. The van der Waals surface area contributed by atoms with Crippen molar-refractivity contribution >= 4 is 11.8 Å². The third kappa shape index (κ3) is 3.72. The summed E-state index contributed by atoms with van der Waals surface area (Å²) in [6.07, 6.45) is 3.13. The average Bonchev–Trinajstić information content (AvgIpc) is 3.16. The van der Waals surface area contributed by atoms with Crippen LogP contribution in [0.2, 0.25) is 0 Å². The molecule has 0 atom stereocenters. The van der Waals surface area contributed by atoms with Gasteiger partial charge in [0.25, 0.3) is 11.8 Å². The van der Waals surface area contributed by atoms with Crippen LogP contribution in [0.3, 0.4) is 0 Å². The van der Waals surface area contributed by atoms with Gasteiger partial charge in [0.15, 0.2) is 0 Å². The van der Waals surface area contributed by atoms with E-state index in [1.54, 1.807) is 43.6 Å². The molecule has 25 heavy (non-hydrogen) atoms. The molecule has 0 spiro atoms. The molecular weight excluding hydrogens is 318 g/mol. The summed E-state index contributed by atoms with van der Waals surface area (Å²) in [7, 11) is 1.58. The Morgan fingerprint density at radius 3 is 2.76 bits per heavy atom. The fraction of sp³-hybridized carbons (Fsp3) is 0.111. The molecule has 0 unspecified atom stereocenters. The first-order chi connectivity index (χ1) is 12.2. The van der Waals surface area contributed by atoms with E-state index in [0.29, 0.717) is 29.1 Å². The van der Waals surface area contributed by atoms with Gasteiger partial charge in [0.1, 0.15) is 0 Å². The number of carbonyl (C=O) groups excluding carboxylic acids is 2. The number of pyridine rings is 1. The van der Waals surface area contributed by atoms with E-state index < -0.39 is 0 Å². The predicted octanol–water partition coefficient (Wildman–Crippen LogP) is 1.76. The molecule has 0 aliphatic heterocycles. The first kappa shape index (κ1) is 16.4. The third-order valence-corrected chi connectivity index (χ3v) is 3.67. The molecule has 7 nitrogen and oxygen atoms in total. The molecule has 0 fully saturated rings. The molecular formula is C18H17N5O2. The van der Waals surface area contributed by atoms with Gasteiger partial charge in [-0.15, -0.1) is 0 Å². The fourth-order valence-electron chi connectivity index (χ4n) is 2.41. The molecule has 3 rings (SSSR count). The number of amides is 2. The maximum Gasteiger partial charge on any atom is 0.255 e. The van der Waals surface area contributed by atoms with E-state index in [-0.39, 0.29) is 11.8 Å². The Balaban J connectivity index is 1.72. The molecule has 0 aliphatic carbocycles. The van der Waals surface area contributed by atoms with Crippen LogP contribution in [0, 0.1) is 0 Å². The van der Waals surface area contributed by atoms with Gasteiger partial charge in [0.2, 0.25) is 0 Å². The Kier molecular flexibility index (Phi) is 4.84. The summed E-state index contributed by atoms with van der Waals surface area (Å²) in [4.78, 5) is 28.4. The molecule has 0 radical (unpaired) electrons. The second-order valence-corrected chi connectivity index (χ2v) is 5.34. The van der Waals surface area contributed by atoms with Crippen molar-refractivity contribution in [2.45, 2.75) is 6.54 Å². The molecule has 3 aromatic rings. The van der Waals surface area contributed by atoms with Crippen molar-refractivity contribution in [3.8, 4) is 11.4 Å². The number of nitrogens with one attached hydrogen (secondary N) is 3. The number of benzene rings is 1. The van der Waals surface area contributed by atoms with E-state index >= 15 is 0 Å². The quantitative estimate of drug-likeness (QED) is 0.661. The molecule has 0 aliphatic rings. The highest BCUT2D eigenvalue weighted by atomic mass is 16.2. The zero-order chi connectivity index (χ0) is 17.6. The lowest BCUT2D eigenvalue weighted by Crippen LogP contribution is -2.23. The predicted molar refractivity (Wildman–Crippen MR) is 92.8 cm³/mol. The lowest BCUT2D eigenvalue weighted by molar-refractivity contribution is 0.0949. The minimum absolute atomic E-state index is 0.166. The number of rotatable bonds is 5. The summed E-state index contributed by atoms with van der Waals surface area (Å²) in [6.45, 7) is 0.302. The molecule has 0 saturated carbocycles. The first-order valence-corrected chi connectivity index (χ1v) is 7.73. The van der Waals surface area contributed by atoms with Crippen molar-refractivity contribution in [1.82, 2.24) is 25.8 Å². The lowest BCUT2D eigenvalue weighted by atomic mass is 10.1. The summed E-state index contributed by atoms with van der Waals surface area (Å²) < 4.78 is 0. The molecule has 7 heteroatoms. The largest absolute Gasteiger partial charge is 0.355 e. The SMILES string of the molecule is CNC(=O)c1cccc(CNC(=O)c2cn[nH]c2-c2ccccn2)c1. The van der Waals surface area contributed by atoms with Crippen LogP contribution in [0.4, 0.5) is 0 Å². The van der Waals surface area contributed by atoms with Crippen molar-refractivity contribution in [3.63, 3.8) is 0 Å². The van der Waals surface area contributed by atoms with Crippen LogP contribution in [0.25, 0.3) is 11.4 Å². The van der Waals surface area contributed by atoms with Crippen LogP contribution in [-0.4, -0.2) is 34.0 Å². The summed E-state index contributed by atoms with van der Waals surface area (Å²) >= 11 is 0. The Bertz CT molecular complexity index is 889. The Labute approximate surface area is 144 Å². The lowest BCUT2D eigenvalue weighted by Gasteiger charge is -2.07. The molecule has 2 amide bonds. The van der Waals surface area contributed by atoms with Crippen molar-refractivity contribution in [1.29, 1.82) is 0 Å². The number of hydrogen-bond acceptors (Lipinski definition) is 4. The standard InChI is InChI=1S/C18H17N5O2/c1-19-17(24)13-6-4-5-12(9-13)10-21-18(25)14-11-22-23-16(14)15-7-2-3-8-20-15/h2-9,11H,10H2,1H3,(H,19,24)(H,21,25)(H,22,23). The average molecular weight is 335 g/mol. The molecule has 3 N–H and O–H groups in total. The normalized spacial score (nSPS) is 10.3. The molecule has 126 valence electrons. The third-order valence-electron chi connectivity index (χ3n) is 3.67. The Morgan fingerprint density at radius 1 is 1.12 bits per heavy atom. The van der Waals surface area contributed by atoms with Crippen LogP contribution < -0.4 is 10.6 Å². The van der Waals surface area contributed by atoms with Crippen molar-refractivity contribution < 1.29 is 9.59 Å². The van der Waals surface area contributed by atoms with E-state index in [1.165, 1.54) is 6.20 Å². The van der Waals surface area contributed by atoms with Gasteiger partial charge < -0.3 is 10.6 Å². The smallest absolute Gasteiger partial charge is 0.255 e. The zero-order valence-corrected chi connectivity index (χ0v) is 13.6. The van der Waals surface area contributed by atoms with E-state index in [9.17, 15) is 9.59 Å². The van der Waals surface area contributed by atoms with Gasteiger partial charge in [-0.3, -0.25) is 19.7 Å². The monoisotopic (exact) mass is 335 g/mol. The Hall–Kier alpha value is -3.48. The number of aromatic nitrogens is 3. The number of nitrogens with zero attached hydrogens (tertiary/aromatic N) is 2. The number of H-pyrrole nitrogens is 1. The van der Waals surface area contributed by atoms with Gasteiger partial charge in [-0.25, -0.2) is 0 Å².